The lowest BCUT2D eigenvalue weighted by molar-refractivity contribution is -0.155. The second-order valence-electron chi connectivity index (χ2n) is 9.16. The molecule has 0 fully saturated rings. The number of carbonyl (C=O) groups is 4. The standard InChI is InChI=1S/C27H30N2O7S/c1-16-6-9-19(10-7-16)27(20(26(34)35)15-23(31)32)24(36-18(3)30)25(33)29(13-12-28(4)5)21-11-8-17(2)14-22(21)37-27/h6-11,14-15,24H,12-13H2,1-5H3,(H,31,32)(H,34,35)/b20-15+/t24-,27-/m1/s1. The Kier molecular flexibility index (Phi) is 8.45. The lowest BCUT2D eigenvalue weighted by Gasteiger charge is -2.38. The number of hydrogen-bond acceptors (Lipinski definition) is 7. The van der Waals surface area contributed by atoms with E-state index >= 15 is 0 Å². The van der Waals surface area contributed by atoms with Gasteiger partial charge in [-0.3, -0.25) is 9.59 Å². The van der Waals surface area contributed by atoms with Crippen molar-refractivity contribution in [2.45, 2.75) is 36.5 Å². The molecule has 1 aliphatic heterocycles. The molecule has 0 aromatic heterocycles. The molecule has 1 heterocycles. The predicted molar refractivity (Wildman–Crippen MR) is 140 cm³/mol. The molecule has 196 valence electrons. The fourth-order valence-electron chi connectivity index (χ4n) is 4.23. The van der Waals surface area contributed by atoms with E-state index in [2.05, 4.69) is 0 Å². The second kappa shape index (κ2) is 11.2. The molecule has 1 amide bonds. The average molecular weight is 527 g/mol. The van der Waals surface area contributed by atoms with Gasteiger partial charge in [-0.15, -0.1) is 11.8 Å². The predicted octanol–water partition coefficient (Wildman–Crippen LogP) is 3.23. The van der Waals surface area contributed by atoms with Crippen LogP contribution in [0.3, 0.4) is 0 Å². The molecule has 2 atom stereocenters. The number of benzene rings is 2. The van der Waals surface area contributed by atoms with Crippen LogP contribution in [0, 0.1) is 13.8 Å². The third-order valence-electron chi connectivity index (χ3n) is 5.97. The number of nitrogens with zero attached hydrogens (tertiary/aromatic N) is 2. The Labute approximate surface area is 219 Å². The van der Waals surface area contributed by atoms with Gasteiger partial charge in [0, 0.05) is 31.0 Å². The molecule has 0 unspecified atom stereocenters. The van der Waals surface area contributed by atoms with Crippen LogP contribution in [0.1, 0.15) is 23.6 Å². The third kappa shape index (κ3) is 5.86. The number of hydrogen-bond donors (Lipinski definition) is 2. The molecular weight excluding hydrogens is 496 g/mol. The molecule has 0 spiro atoms. The Balaban J connectivity index is 2.47. The number of thioether (sulfide) groups is 1. The van der Waals surface area contributed by atoms with Gasteiger partial charge >= 0.3 is 17.9 Å². The van der Waals surface area contributed by atoms with Crippen molar-refractivity contribution in [3.8, 4) is 0 Å². The van der Waals surface area contributed by atoms with Crippen molar-refractivity contribution in [3.05, 3.63) is 70.8 Å². The Bertz CT molecular complexity index is 1260. The van der Waals surface area contributed by atoms with Gasteiger partial charge in [-0.1, -0.05) is 35.9 Å². The number of carboxylic acid groups (broad SMARTS) is 2. The zero-order valence-corrected chi connectivity index (χ0v) is 22.2. The zero-order valence-electron chi connectivity index (χ0n) is 21.3. The highest BCUT2D eigenvalue weighted by molar-refractivity contribution is 8.00. The summed E-state index contributed by atoms with van der Waals surface area (Å²) in [6, 6.07) is 12.2. The normalized spacial score (nSPS) is 19.8. The quantitative estimate of drug-likeness (QED) is 0.394. The molecule has 37 heavy (non-hydrogen) atoms. The van der Waals surface area contributed by atoms with Crippen molar-refractivity contribution in [1.82, 2.24) is 4.90 Å². The van der Waals surface area contributed by atoms with Crippen molar-refractivity contribution in [1.29, 1.82) is 0 Å². The van der Waals surface area contributed by atoms with Gasteiger partial charge in [0.2, 0.25) is 6.10 Å². The summed E-state index contributed by atoms with van der Waals surface area (Å²) in [4.78, 5) is 55.1. The molecule has 0 saturated heterocycles. The number of carboxylic acids is 2. The monoisotopic (exact) mass is 526 g/mol. The Morgan fingerprint density at radius 3 is 2.24 bits per heavy atom. The number of esters is 1. The van der Waals surface area contributed by atoms with E-state index in [-0.39, 0.29) is 6.54 Å². The van der Waals surface area contributed by atoms with Gasteiger partial charge < -0.3 is 24.7 Å². The highest BCUT2D eigenvalue weighted by atomic mass is 32.2. The minimum absolute atomic E-state index is 0.231. The van der Waals surface area contributed by atoms with Crippen LogP contribution in [0.25, 0.3) is 0 Å². The maximum atomic E-state index is 14.3. The molecule has 10 heteroatoms. The van der Waals surface area contributed by atoms with Gasteiger partial charge in [-0.2, -0.15) is 0 Å². The highest BCUT2D eigenvalue weighted by Gasteiger charge is 2.56. The summed E-state index contributed by atoms with van der Waals surface area (Å²) in [6.45, 7) is 5.55. The zero-order chi connectivity index (χ0) is 27.5. The van der Waals surface area contributed by atoms with E-state index in [0.29, 0.717) is 28.8 Å². The largest absolute Gasteiger partial charge is 0.478 e. The summed E-state index contributed by atoms with van der Waals surface area (Å²) in [5.41, 5.74) is 1.98. The van der Waals surface area contributed by atoms with Gasteiger partial charge in [0.25, 0.3) is 5.91 Å². The van der Waals surface area contributed by atoms with Gasteiger partial charge in [-0.05, 0) is 51.2 Å². The minimum atomic E-state index is -1.91. The molecule has 0 bridgehead atoms. The number of fused-ring (bicyclic) bond motifs is 1. The van der Waals surface area contributed by atoms with Gasteiger partial charge in [0.1, 0.15) is 4.75 Å². The molecule has 9 nitrogen and oxygen atoms in total. The summed E-state index contributed by atoms with van der Waals surface area (Å²) < 4.78 is 3.73. The number of ether oxygens (including phenoxy) is 1. The lowest BCUT2D eigenvalue weighted by Crippen LogP contribution is -2.53. The van der Waals surface area contributed by atoms with Crippen LogP contribution in [0.2, 0.25) is 0 Å². The molecule has 0 aliphatic carbocycles. The van der Waals surface area contributed by atoms with Crippen LogP contribution in [-0.2, 0) is 28.7 Å². The van der Waals surface area contributed by atoms with E-state index < -0.39 is 40.2 Å². The van der Waals surface area contributed by atoms with E-state index in [1.807, 2.05) is 45.0 Å². The van der Waals surface area contributed by atoms with Crippen LogP contribution >= 0.6 is 11.8 Å². The van der Waals surface area contributed by atoms with Crippen LogP contribution in [-0.4, -0.2) is 72.2 Å². The van der Waals surface area contributed by atoms with E-state index in [1.54, 1.807) is 30.3 Å². The molecule has 2 aromatic rings. The highest BCUT2D eigenvalue weighted by Crippen LogP contribution is 2.55. The maximum absolute atomic E-state index is 14.3. The summed E-state index contributed by atoms with van der Waals surface area (Å²) in [5, 5.41) is 20.0. The Morgan fingerprint density at radius 1 is 1.08 bits per heavy atom. The average Bonchev–Trinajstić information content (AvgIpc) is 2.89. The molecular formula is C27H30N2O7S. The summed E-state index contributed by atoms with van der Waals surface area (Å²) >= 11 is 1.00. The number of amides is 1. The molecule has 2 aromatic carbocycles. The van der Waals surface area contributed by atoms with E-state index in [4.69, 9.17) is 4.74 Å². The first-order valence-electron chi connectivity index (χ1n) is 11.5. The summed E-state index contributed by atoms with van der Waals surface area (Å²) in [6.07, 6.45) is -1.10. The van der Waals surface area contributed by atoms with Gasteiger partial charge in [0.15, 0.2) is 0 Å². The second-order valence-corrected chi connectivity index (χ2v) is 10.4. The number of rotatable bonds is 8. The van der Waals surface area contributed by atoms with Crippen molar-refractivity contribution >= 4 is 41.3 Å². The molecule has 3 rings (SSSR count). The lowest BCUT2D eigenvalue weighted by atomic mass is 9.83. The van der Waals surface area contributed by atoms with Crippen molar-refractivity contribution in [2.24, 2.45) is 0 Å². The molecule has 0 saturated carbocycles. The Hall–Kier alpha value is -3.63. The molecule has 2 N–H and O–H groups in total. The Morgan fingerprint density at radius 2 is 1.70 bits per heavy atom. The van der Waals surface area contributed by atoms with Crippen molar-refractivity contribution < 1.29 is 34.1 Å². The number of likely N-dealkylation sites (N-methyl/N-ethyl adjacent to an activating group) is 1. The number of anilines is 1. The SMILES string of the molecule is CC(=O)O[C@@H]1C(=O)N(CCN(C)C)c2ccc(C)cc2S[C@@]1(/C(=C/C(=O)O)C(=O)O)c1ccc(C)cc1. The van der Waals surface area contributed by atoms with E-state index in [9.17, 15) is 29.4 Å². The first-order chi connectivity index (χ1) is 17.4. The first-order valence-corrected chi connectivity index (χ1v) is 12.4. The minimum Gasteiger partial charge on any atom is -0.478 e. The summed E-state index contributed by atoms with van der Waals surface area (Å²) in [7, 11) is 3.71. The van der Waals surface area contributed by atoms with Crippen LogP contribution in [0.5, 0.6) is 0 Å². The van der Waals surface area contributed by atoms with Crippen molar-refractivity contribution in [3.63, 3.8) is 0 Å². The third-order valence-corrected chi connectivity index (χ3v) is 7.51. The topological polar surface area (TPSA) is 124 Å². The number of carbonyl (C=O) groups excluding carboxylic acids is 2. The number of aliphatic carboxylic acids is 2. The van der Waals surface area contributed by atoms with E-state index in [0.717, 1.165) is 29.8 Å². The fourth-order valence-corrected chi connectivity index (χ4v) is 5.87. The van der Waals surface area contributed by atoms with E-state index in [1.165, 1.54) is 4.90 Å². The molecule has 0 radical (unpaired) electrons. The smallest absolute Gasteiger partial charge is 0.333 e. The van der Waals surface area contributed by atoms with Crippen molar-refractivity contribution in [2.75, 3.05) is 32.1 Å². The maximum Gasteiger partial charge on any atom is 0.333 e. The first kappa shape index (κ1) is 27.9. The van der Waals surface area contributed by atoms with Crippen LogP contribution in [0.4, 0.5) is 5.69 Å². The van der Waals surface area contributed by atoms with Crippen LogP contribution in [0.15, 0.2) is 59.0 Å². The van der Waals surface area contributed by atoms with Gasteiger partial charge in [0.05, 0.1) is 11.3 Å². The molecule has 1 aliphatic rings. The summed E-state index contributed by atoms with van der Waals surface area (Å²) in [5.74, 6) is -4.50. The van der Waals surface area contributed by atoms with Crippen LogP contribution < -0.4 is 4.90 Å². The van der Waals surface area contributed by atoms with Gasteiger partial charge in [-0.25, -0.2) is 9.59 Å². The fraction of sp³-hybridized carbons (Fsp3) is 0.333. The number of aryl methyl sites for hydroxylation is 2.